The van der Waals surface area contributed by atoms with Crippen LogP contribution in [0.2, 0.25) is 0 Å². The fraction of sp³-hybridized carbons (Fsp3) is 0.0476. The van der Waals surface area contributed by atoms with Crippen molar-refractivity contribution in [2.24, 2.45) is 0 Å². The zero-order valence-electron chi connectivity index (χ0n) is 15.2. The molecule has 3 aromatic heterocycles. The standard InChI is InChI=1S/C21H16FN5O2/c22-15-4-6-16(7-5-15)25-20(28)18-17-3-1-2-12-27(17)19(26-18)21(29)24-13-14-8-10-23-11-9-14/h1-12H,13H2,(H,24,29)(H,25,28). The van der Waals surface area contributed by atoms with Crippen molar-refractivity contribution in [1.82, 2.24) is 19.7 Å². The molecule has 0 saturated carbocycles. The molecule has 0 aliphatic rings. The quantitative estimate of drug-likeness (QED) is 0.549. The Bertz CT molecular complexity index is 1170. The van der Waals surface area contributed by atoms with Gasteiger partial charge in [-0.05, 0) is 54.1 Å². The Morgan fingerprint density at radius 1 is 0.966 bits per heavy atom. The van der Waals surface area contributed by atoms with Gasteiger partial charge in [0.15, 0.2) is 5.69 Å². The Morgan fingerprint density at radius 3 is 2.48 bits per heavy atom. The van der Waals surface area contributed by atoms with E-state index >= 15 is 0 Å². The van der Waals surface area contributed by atoms with Crippen LogP contribution in [0.5, 0.6) is 0 Å². The third-order valence-corrected chi connectivity index (χ3v) is 4.27. The summed E-state index contributed by atoms with van der Waals surface area (Å²) in [6.07, 6.45) is 4.95. The second kappa shape index (κ2) is 7.89. The SMILES string of the molecule is O=C(Nc1ccc(F)cc1)c1nc(C(=O)NCc2ccncc2)n2ccccc12. The van der Waals surface area contributed by atoms with Crippen molar-refractivity contribution in [3.63, 3.8) is 0 Å². The van der Waals surface area contributed by atoms with Crippen LogP contribution in [0.4, 0.5) is 10.1 Å². The number of rotatable bonds is 5. The monoisotopic (exact) mass is 389 g/mol. The van der Waals surface area contributed by atoms with Crippen molar-refractivity contribution in [2.45, 2.75) is 6.54 Å². The lowest BCUT2D eigenvalue weighted by Gasteiger charge is -2.04. The molecule has 7 nitrogen and oxygen atoms in total. The van der Waals surface area contributed by atoms with Gasteiger partial charge in [-0.1, -0.05) is 6.07 Å². The highest BCUT2D eigenvalue weighted by Crippen LogP contribution is 2.16. The predicted octanol–water partition coefficient (Wildman–Crippen LogP) is 3.05. The van der Waals surface area contributed by atoms with Crippen molar-refractivity contribution in [2.75, 3.05) is 5.32 Å². The summed E-state index contributed by atoms with van der Waals surface area (Å²) < 4.78 is 14.6. The number of halogens is 1. The number of nitrogens with one attached hydrogen (secondary N) is 2. The smallest absolute Gasteiger partial charge is 0.287 e. The molecule has 8 heteroatoms. The van der Waals surface area contributed by atoms with Crippen LogP contribution in [0.25, 0.3) is 5.52 Å². The number of hydrogen-bond donors (Lipinski definition) is 2. The second-order valence-corrected chi connectivity index (χ2v) is 6.24. The van der Waals surface area contributed by atoms with E-state index in [9.17, 15) is 14.0 Å². The summed E-state index contributed by atoms with van der Waals surface area (Å²) in [4.78, 5) is 33.6. The number of anilines is 1. The van der Waals surface area contributed by atoms with E-state index in [0.717, 1.165) is 5.56 Å². The van der Waals surface area contributed by atoms with Gasteiger partial charge in [0.1, 0.15) is 5.82 Å². The van der Waals surface area contributed by atoms with E-state index in [2.05, 4.69) is 20.6 Å². The lowest BCUT2D eigenvalue weighted by Crippen LogP contribution is -2.25. The van der Waals surface area contributed by atoms with Crippen LogP contribution in [-0.4, -0.2) is 26.2 Å². The molecule has 0 bridgehead atoms. The molecule has 0 spiro atoms. The van der Waals surface area contributed by atoms with Gasteiger partial charge in [-0.25, -0.2) is 9.37 Å². The highest BCUT2D eigenvalue weighted by molar-refractivity contribution is 6.08. The van der Waals surface area contributed by atoms with Gasteiger partial charge in [0.25, 0.3) is 11.8 Å². The Balaban J connectivity index is 1.60. The van der Waals surface area contributed by atoms with Gasteiger partial charge < -0.3 is 10.6 Å². The van der Waals surface area contributed by atoms with E-state index in [0.29, 0.717) is 17.7 Å². The summed E-state index contributed by atoms with van der Waals surface area (Å²) in [6, 6.07) is 14.2. The van der Waals surface area contributed by atoms with Crippen LogP contribution in [0.3, 0.4) is 0 Å². The summed E-state index contributed by atoms with van der Waals surface area (Å²) in [5.74, 6) is -1.21. The third-order valence-electron chi connectivity index (χ3n) is 4.27. The number of nitrogens with zero attached hydrogens (tertiary/aromatic N) is 3. The van der Waals surface area contributed by atoms with E-state index in [1.165, 1.54) is 24.3 Å². The van der Waals surface area contributed by atoms with Crippen LogP contribution in [-0.2, 0) is 6.54 Å². The lowest BCUT2D eigenvalue weighted by molar-refractivity contribution is 0.0940. The number of imidazole rings is 1. The highest BCUT2D eigenvalue weighted by atomic mass is 19.1. The summed E-state index contributed by atoms with van der Waals surface area (Å²) in [5, 5.41) is 5.46. The molecule has 0 aliphatic heterocycles. The largest absolute Gasteiger partial charge is 0.345 e. The first-order valence-corrected chi connectivity index (χ1v) is 8.83. The Morgan fingerprint density at radius 2 is 1.72 bits per heavy atom. The third kappa shape index (κ3) is 3.96. The van der Waals surface area contributed by atoms with Gasteiger partial charge in [-0.15, -0.1) is 0 Å². The summed E-state index contributed by atoms with van der Waals surface area (Å²) in [5.41, 5.74) is 1.91. The van der Waals surface area contributed by atoms with E-state index in [1.807, 2.05) is 0 Å². The molecular formula is C21H16FN5O2. The van der Waals surface area contributed by atoms with Crippen molar-refractivity contribution in [3.05, 3.63) is 96.1 Å². The number of aromatic nitrogens is 3. The number of fused-ring (bicyclic) bond motifs is 1. The van der Waals surface area contributed by atoms with Crippen LogP contribution >= 0.6 is 0 Å². The number of pyridine rings is 2. The number of benzene rings is 1. The van der Waals surface area contributed by atoms with Gasteiger partial charge in [-0.3, -0.25) is 19.0 Å². The number of amides is 2. The number of carbonyl (C=O) groups excluding carboxylic acids is 2. The maximum Gasteiger partial charge on any atom is 0.287 e. The molecule has 2 N–H and O–H groups in total. The fourth-order valence-electron chi connectivity index (χ4n) is 2.85. The first-order valence-electron chi connectivity index (χ1n) is 8.83. The van der Waals surface area contributed by atoms with Crippen LogP contribution in [0.15, 0.2) is 73.2 Å². The maximum atomic E-state index is 13.1. The fourth-order valence-corrected chi connectivity index (χ4v) is 2.85. The zero-order chi connectivity index (χ0) is 20.2. The lowest BCUT2D eigenvalue weighted by atomic mass is 10.2. The molecule has 4 rings (SSSR count). The minimum atomic E-state index is -0.492. The normalized spacial score (nSPS) is 10.7. The van der Waals surface area contributed by atoms with Gasteiger partial charge >= 0.3 is 0 Å². The molecule has 2 amide bonds. The molecule has 0 radical (unpaired) electrons. The minimum absolute atomic E-state index is 0.0962. The molecular weight excluding hydrogens is 373 g/mol. The molecule has 0 saturated heterocycles. The van der Waals surface area contributed by atoms with Gasteiger partial charge in [0.05, 0.1) is 5.52 Å². The first-order chi connectivity index (χ1) is 14.1. The van der Waals surface area contributed by atoms with Gasteiger partial charge in [0.2, 0.25) is 5.82 Å². The molecule has 0 fully saturated rings. The Kier molecular flexibility index (Phi) is 4.98. The van der Waals surface area contributed by atoms with Crippen molar-refractivity contribution in [3.8, 4) is 0 Å². The van der Waals surface area contributed by atoms with E-state index in [1.54, 1.807) is 53.3 Å². The maximum absolute atomic E-state index is 13.1. The van der Waals surface area contributed by atoms with Gasteiger partial charge in [-0.2, -0.15) is 0 Å². The van der Waals surface area contributed by atoms with Crippen molar-refractivity contribution in [1.29, 1.82) is 0 Å². The Labute approximate surface area is 165 Å². The summed E-state index contributed by atoms with van der Waals surface area (Å²) in [7, 11) is 0. The van der Waals surface area contributed by atoms with Crippen LogP contribution in [0, 0.1) is 5.82 Å². The molecule has 0 aliphatic carbocycles. The molecule has 0 unspecified atom stereocenters. The predicted molar refractivity (Wildman–Crippen MR) is 105 cm³/mol. The zero-order valence-corrected chi connectivity index (χ0v) is 15.2. The average Bonchev–Trinajstić information content (AvgIpc) is 3.14. The number of carbonyl (C=O) groups is 2. The minimum Gasteiger partial charge on any atom is -0.345 e. The molecule has 29 heavy (non-hydrogen) atoms. The summed E-state index contributed by atoms with van der Waals surface area (Å²) >= 11 is 0. The van der Waals surface area contributed by atoms with Crippen molar-refractivity contribution < 1.29 is 14.0 Å². The summed E-state index contributed by atoms with van der Waals surface area (Å²) in [6.45, 7) is 0.306. The molecule has 1 aromatic carbocycles. The molecule has 3 heterocycles. The molecule has 4 aromatic rings. The van der Waals surface area contributed by atoms with E-state index in [4.69, 9.17) is 0 Å². The Hall–Kier alpha value is -4.07. The first kappa shape index (κ1) is 18.3. The van der Waals surface area contributed by atoms with Gasteiger partial charge in [0, 0.05) is 30.8 Å². The van der Waals surface area contributed by atoms with Crippen molar-refractivity contribution >= 4 is 23.0 Å². The van der Waals surface area contributed by atoms with Crippen LogP contribution in [0.1, 0.15) is 26.7 Å². The van der Waals surface area contributed by atoms with E-state index in [-0.39, 0.29) is 11.5 Å². The van der Waals surface area contributed by atoms with E-state index < -0.39 is 17.6 Å². The topological polar surface area (TPSA) is 88.4 Å². The highest BCUT2D eigenvalue weighted by Gasteiger charge is 2.21. The van der Waals surface area contributed by atoms with Crippen LogP contribution < -0.4 is 10.6 Å². The molecule has 144 valence electrons. The average molecular weight is 389 g/mol. The molecule has 0 atom stereocenters. The number of hydrogen-bond acceptors (Lipinski definition) is 4. The second-order valence-electron chi connectivity index (χ2n) is 6.24.